The summed E-state index contributed by atoms with van der Waals surface area (Å²) in [5, 5.41) is 0.749. The van der Waals surface area contributed by atoms with Crippen molar-refractivity contribution >= 4 is 21.2 Å². The van der Waals surface area contributed by atoms with Gasteiger partial charge in [-0.05, 0) is 23.8 Å². The molecule has 6 heteroatoms. The van der Waals surface area contributed by atoms with Gasteiger partial charge in [-0.1, -0.05) is 0 Å². The summed E-state index contributed by atoms with van der Waals surface area (Å²) in [5.74, 6) is -0.426. The first kappa shape index (κ1) is 10.0. The van der Waals surface area contributed by atoms with Crippen LogP contribution in [0.5, 0.6) is 0 Å². The minimum atomic E-state index is -4.01. The number of nitrogens with zero attached hydrogens (tertiary/aromatic N) is 2. The van der Waals surface area contributed by atoms with Crippen LogP contribution in [0.1, 0.15) is 5.56 Å². The van der Waals surface area contributed by atoms with Crippen molar-refractivity contribution in [2.75, 3.05) is 0 Å². The van der Waals surface area contributed by atoms with Crippen molar-refractivity contribution in [3.8, 4) is 0 Å². The fourth-order valence-corrected chi connectivity index (χ4v) is 1.88. The van der Waals surface area contributed by atoms with Gasteiger partial charge in [0.05, 0.1) is 0 Å². The normalized spacial score (nSPS) is 11.8. The summed E-state index contributed by atoms with van der Waals surface area (Å²) in [6.45, 7) is 0. The third-order valence-corrected chi connectivity index (χ3v) is 2.56. The Morgan fingerprint density at radius 1 is 1.33 bits per heavy atom. The molecule has 0 aromatic carbocycles. The molecule has 78 valence electrons. The monoisotopic (exact) mass is 224 g/mol. The molecule has 0 amide bonds. The fraction of sp³-hybridized carbons (Fsp3) is 0.111. The second-order valence-electron chi connectivity index (χ2n) is 3.12. The van der Waals surface area contributed by atoms with Gasteiger partial charge in [0.25, 0.3) is 10.1 Å². The van der Waals surface area contributed by atoms with Crippen LogP contribution < -0.4 is 0 Å². The maximum atomic E-state index is 10.6. The van der Waals surface area contributed by atoms with E-state index in [0.717, 1.165) is 5.39 Å². The van der Waals surface area contributed by atoms with E-state index in [2.05, 4.69) is 9.97 Å². The average Bonchev–Trinajstić information content (AvgIpc) is 2.15. The molecule has 2 aromatic rings. The Balaban J connectivity index is 2.48. The van der Waals surface area contributed by atoms with Crippen LogP contribution in [-0.4, -0.2) is 22.9 Å². The molecule has 15 heavy (non-hydrogen) atoms. The maximum Gasteiger partial charge on any atom is 0.269 e. The first-order valence-corrected chi connectivity index (χ1v) is 5.80. The molecule has 0 aliphatic carbocycles. The average molecular weight is 224 g/mol. The molecular weight excluding hydrogens is 216 g/mol. The van der Waals surface area contributed by atoms with Crippen LogP contribution in [0.25, 0.3) is 11.0 Å². The molecule has 2 heterocycles. The fourth-order valence-electron chi connectivity index (χ4n) is 1.30. The molecule has 0 fully saturated rings. The minimum absolute atomic E-state index is 0.426. The molecule has 2 aromatic heterocycles. The van der Waals surface area contributed by atoms with Gasteiger partial charge in [-0.15, -0.1) is 0 Å². The number of hydrogen-bond acceptors (Lipinski definition) is 4. The Morgan fingerprint density at radius 3 is 2.87 bits per heavy atom. The van der Waals surface area contributed by atoms with Crippen LogP contribution in [-0.2, 0) is 15.9 Å². The van der Waals surface area contributed by atoms with Gasteiger partial charge in [0, 0.05) is 17.8 Å². The SMILES string of the molecule is O=S(=O)(O)Cc1cnc2ncccc2c1. The highest BCUT2D eigenvalue weighted by atomic mass is 32.2. The van der Waals surface area contributed by atoms with Crippen LogP contribution >= 0.6 is 0 Å². The lowest BCUT2D eigenvalue weighted by Gasteiger charge is -1.99. The molecule has 0 aliphatic rings. The quantitative estimate of drug-likeness (QED) is 0.770. The summed E-state index contributed by atoms with van der Waals surface area (Å²) in [4.78, 5) is 7.97. The van der Waals surface area contributed by atoms with E-state index in [9.17, 15) is 8.42 Å². The smallest absolute Gasteiger partial charge is 0.269 e. The Morgan fingerprint density at radius 2 is 2.13 bits per heavy atom. The van der Waals surface area contributed by atoms with Crippen LogP contribution in [0, 0.1) is 0 Å². The van der Waals surface area contributed by atoms with Crippen LogP contribution in [0.4, 0.5) is 0 Å². The van der Waals surface area contributed by atoms with Crippen molar-refractivity contribution in [2.45, 2.75) is 5.75 Å². The van der Waals surface area contributed by atoms with Gasteiger partial charge in [-0.25, -0.2) is 9.97 Å². The topological polar surface area (TPSA) is 80.2 Å². The van der Waals surface area contributed by atoms with Gasteiger partial charge < -0.3 is 0 Å². The summed E-state index contributed by atoms with van der Waals surface area (Å²) in [6.07, 6.45) is 3.00. The first-order chi connectivity index (χ1) is 7.04. The summed E-state index contributed by atoms with van der Waals surface area (Å²) >= 11 is 0. The van der Waals surface area contributed by atoms with E-state index in [1.165, 1.54) is 6.20 Å². The third kappa shape index (κ3) is 2.48. The van der Waals surface area contributed by atoms with Crippen molar-refractivity contribution in [3.05, 3.63) is 36.2 Å². The van der Waals surface area contributed by atoms with Gasteiger partial charge >= 0.3 is 0 Å². The zero-order valence-corrected chi connectivity index (χ0v) is 8.48. The molecule has 0 bridgehead atoms. The lowest BCUT2D eigenvalue weighted by Crippen LogP contribution is -2.02. The van der Waals surface area contributed by atoms with Crippen LogP contribution in [0.15, 0.2) is 30.6 Å². The number of fused-ring (bicyclic) bond motifs is 1. The van der Waals surface area contributed by atoms with Gasteiger partial charge in [0.15, 0.2) is 5.65 Å². The number of hydrogen-bond donors (Lipinski definition) is 1. The molecule has 0 radical (unpaired) electrons. The molecule has 1 N–H and O–H groups in total. The van der Waals surface area contributed by atoms with E-state index in [1.54, 1.807) is 24.4 Å². The predicted molar refractivity (Wildman–Crippen MR) is 54.8 cm³/mol. The van der Waals surface area contributed by atoms with Crippen LogP contribution in [0.2, 0.25) is 0 Å². The number of aromatic nitrogens is 2. The van der Waals surface area contributed by atoms with E-state index < -0.39 is 15.9 Å². The summed E-state index contributed by atoms with van der Waals surface area (Å²) in [6, 6.07) is 5.16. The lowest BCUT2D eigenvalue weighted by molar-refractivity contribution is 0.482. The highest BCUT2D eigenvalue weighted by Gasteiger charge is 2.07. The van der Waals surface area contributed by atoms with E-state index in [4.69, 9.17) is 4.55 Å². The van der Waals surface area contributed by atoms with Crippen molar-refractivity contribution < 1.29 is 13.0 Å². The summed E-state index contributed by atoms with van der Waals surface area (Å²) in [7, 11) is -4.01. The highest BCUT2D eigenvalue weighted by molar-refractivity contribution is 7.85. The van der Waals surface area contributed by atoms with Gasteiger partial charge in [0.2, 0.25) is 0 Å². The highest BCUT2D eigenvalue weighted by Crippen LogP contribution is 2.11. The molecule has 0 aliphatic heterocycles. The Bertz CT molecular complexity index is 595. The van der Waals surface area contributed by atoms with Crippen molar-refractivity contribution in [1.29, 1.82) is 0 Å². The Hall–Kier alpha value is -1.53. The minimum Gasteiger partial charge on any atom is -0.285 e. The Labute approximate surface area is 86.5 Å². The van der Waals surface area contributed by atoms with Crippen molar-refractivity contribution in [3.63, 3.8) is 0 Å². The first-order valence-electron chi connectivity index (χ1n) is 4.19. The second kappa shape index (κ2) is 3.56. The van der Waals surface area contributed by atoms with E-state index >= 15 is 0 Å². The Kier molecular flexibility index (Phi) is 2.37. The number of rotatable bonds is 2. The summed E-state index contributed by atoms with van der Waals surface area (Å²) < 4.78 is 30.0. The molecule has 5 nitrogen and oxygen atoms in total. The largest absolute Gasteiger partial charge is 0.285 e. The number of pyridine rings is 2. The molecule has 0 unspecified atom stereocenters. The van der Waals surface area contributed by atoms with Gasteiger partial charge in [-0.3, -0.25) is 4.55 Å². The zero-order valence-electron chi connectivity index (χ0n) is 7.66. The van der Waals surface area contributed by atoms with E-state index in [1.807, 2.05) is 0 Å². The van der Waals surface area contributed by atoms with Gasteiger partial charge in [0.1, 0.15) is 5.75 Å². The summed E-state index contributed by atoms with van der Waals surface area (Å²) in [5.41, 5.74) is 0.995. The van der Waals surface area contributed by atoms with E-state index in [0.29, 0.717) is 11.2 Å². The standard InChI is InChI=1S/C9H8N2O3S/c12-15(13,14)6-7-4-8-2-1-3-10-9(8)11-5-7/h1-5H,6H2,(H,12,13,14). The van der Waals surface area contributed by atoms with Gasteiger partial charge in [-0.2, -0.15) is 8.42 Å². The molecule has 0 saturated heterocycles. The second-order valence-corrected chi connectivity index (χ2v) is 4.57. The zero-order chi connectivity index (χ0) is 10.9. The molecule has 0 saturated carbocycles. The molecule has 2 rings (SSSR count). The lowest BCUT2D eigenvalue weighted by atomic mass is 10.2. The molecule has 0 atom stereocenters. The van der Waals surface area contributed by atoms with Crippen molar-refractivity contribution in [1.82, 2.24) is 9.97 Å². The van der Waals surface area contributed by atoms with Crippen LogP contribution in [0.3, 0.4) is 0 Å². The van der Waals surface area contributed by atoms with E-state index in [-0.39, 0.29) is 0 Å². The maximum absolute atomic E-state index is 10.6. The van der Waals surface area contributed by atoms with Crippen molar-refractivity contribution in [2.24, 2.45) is 0 Å². The third-order valence-electron chi connectivity index (χ3n) is 1.86. The molecular formula is C9H8N2O3S. The predicted octanol–water partition coefficient (Wildman–Crippen LogP) is 1.02. The molecule has 0 spiro atoms.